The minimum absolute atomic E-state index is 0.178. The van der Waals surface area contributed by atoms with E-state index in [1.54, 1.807) is 6.92 Å². The van der Waals surface area contributed by atoms with Crippen LogP contribution in [0.5, 0.6) is 0 Å². The lowest BCUT2D eigenvalue weighted by atomic mass is 9.95. The number of carbonyl (C=O) groups is 1. The van der Waals surface area contributed by atoms with Gasteiger partial charge in [-0.05, 0) is 19.8 Å². The lowest BCUT2D eigenvalue weighted by Gasteiger charge is -2.22. The van der Waals surface area contributed by atoms with E-state index in [-0.39, 0.29) is 5.71 Å². The molecule has 1 N–H and O–H groups in total. The number of rotatable bonds is 3. The lowest BCUT2D eigenvalue weighted by molar-refractivity contribution is -0.136. The number of esters is 1. The first kappa shape index (κ1) is 11.2. The summed E-state index contributed by atoms with van der Waals surface area (Å²) in [6, 6.07) is 0. The molecule has 4 nitrogen and oxygen atoms in total. The molecule has 0 aromatic heterocycles. The van der Waals surface area contributed by atoms with Crippen molar-refractivity contribution >= 4 is 11.7 Å². The molecule has 4 heteroatoms. The zero-order valence-electron chi connectivity index (χ0n) is 8.75. The molecule has 0 unspecified atom stereocenters. The van der Waals surface area contributed by atoms with Crippen molar-refractivity contribution in [1.29, 1.82) is 0 Å². The summed E-state index contributed by atoms with van der Waals surface area (Å²) < 4.78 is 4.84. The predicted octanol–water partition coefficient (Wildman–Crippen LogP) is 0.925. The summed E-state index contributed by atoms with van der Waals surface area (Å²) in [4.78, 5) is 15.3. The van der Waals surface area contributed by atoms with Crippen LogP contribution in [0.3, 0.4) is 0 Å². The van der Waals surface area contributed by atoms with E-state index in [1.807, 2.05) is 0 Å². The normalized spacial score (nSPS) is 20.9. The Balaban J connectivity index is 2.76. The summed E-state index contributed by atoms with van der Waals surface area (Å²) in [5, 5.41) is 10.1. The molecular weight excluding hydrogens is 182 g/mol. The smallest absolute Gasteiger partial charge is 0.355 e. The Bertz CT molecular complexity index is 242. The molecule has 0 aromatic rings. The van der Waals surface area contributed by atoms with E-state index < -0.39 is 11.6 Å². The average Bonchev–Trinajstić information content (AvgIpc) is 2.54. The van der Waals surface area contributed by atoms with Crippen LogP contribution in [0, 0.1) is 0 Å². The molecule has 0 bridgehead atoms. The summed E-state index contributed by atoms with van der Waals surface area (Å²) in [5.41, 5.74) is -0.863. The Hall–Kier alpha value is -0.900. The molecule has 0 aliphatic heterocycles. The second-order valence-electron chi connectivity index (χ2n) is 3.53. The number of aliphatic imine (C=N–C) groups is 1. The van der Waals surface area contributed by atoms with Crippen molar-refractivity contribution in [2.45, 2.75) is 38.2 Å². The fourth-order valence-electron chi connectivity index (χ4n) is 1.89. The summed E-state index contributed by atoms with van der Waals surface area (Å²) in [5.74, 6) is -0.487. The van der Waals surface area contributed by atoms with Gasteiger partial charge in [-0.15, -0.1) is 0 Å². The van der Waals surface area contributed by atoms with Gasteiger partial charge in [0, 0.05) is 7.05 Å². The molecule has 1 fully saturated rings. The summed E-state index contributed by atoms with van der Waals surface area (Å²) in [7, 11) is 1.52. The van der Waals surface area contributed by atoms with Crippen LogP contribution in [0.15, 0.2) is 4.99 Å². The van der Waals surface area contributed by atoms with E-state index >= 15 is 0 Å². The zero-order valence-corrected chi connectivity index (χ0v) is 8.75. The number of hydrogen-bond donors (Lipinski definition) is 1. The number of carbonyl (C=O) groups excluding carboxylic acids is 1. The van der Waals surface area contributed by atoms with E-state index in [2.05, 4.69) is 4.99 Å². The molecule has 14 heavy (non-hydrogen) atoms. The van der Waals surface area contributed by atoms with Gasteiger partial charge < -0.3 is 9.84 Å². The quantitative estimate of drug-likeness (QED) is 0.543. The molecular formula is C10H17NO3. The first-order valence-electron chi connectivity index (χ1n) is 5.01. The first-order valence-corrected chi connectivity index (χ1v) is 5.01. The monoisotopic (exact) mass is 199 g/mol. The SMILES string of the molecule is CCOC(=O)C(=NC)C1(O)CCCC1. The van der Waals surface area contributed by atoms with Crippen molar-refractivity contribution in [2.75, 3.05) is 13.7 Å². The minimum Gasteiger partial charge on any atom is -0.461 e. The Labute approximate surface area is 84.0 Å². The highest BCUT2D eigenvalue weighted by Gasteiger charge is 2.40. The maximum Gasteiger partial charge on any atom is 0.355 e. The Morgan fingerprint density at radius 3 is 2.50 bits per heavy atom. The van der Waals surface area contributed by atoms with Gasteiger partial charge in [-0.1, -0.05) is 12.8 Å². The fraction of sp³-hybridized carbons (Fsp3) is 0.800. The van der Waals surface area contributed by atoms with Gasteiger partial charge in [0.05, 0.1) is 6.61 Å². The van der Waals surface area contributed by atoms with Gasteiger partial charge in [-0.2, -0.15) is 0 Å². The highest BCUT2D eigenvalue weighted by atomic mass is 16.5. The zero-order chi connectivity index (χ0) is 10.6. The first-order chi connectivity index (χ1) is 6.64. The van der Waals surface area contributed by atoms with Crippen LogP contribution in [0.1, 0.15) is 32.6 Å². The third-order valence-electron chi connectivity index (χ3n) is 2.56. The van der Waals surface area contributed by atoms with Gasteiger partial charge in [0.15, 0.2) is 5.71 Å². The van der Waals surface area contributed by atoms with Crippen molar-refractivity contribution in [1.82, 2.24) is 0 Å². The molecule has 1 saturated carbocycles. The number of hydrogen-bond acceptors (Lipinski definition) is 4. The molecule has 80 valence electrons. The largest absolute Gasteiger partial charge is 0.461 e. The molecule has 0 aromatic carbocycles. The van der Waals surface area contributed by atoms with Crippen LogP contribution in [0.4, 0.5) is 0 Å². The van der Waals surface area contributed by atoms with E-state index in [9.17, 15) is 9.90 Å². The maximum absolute atomic E-state index is 11.5. The topological polar surface area (TPSA) is 58.9 Å². The second-order valence-corrected chi connectivity index (χ2v) is 3.53. The van der Waals surface area contributed by atoms with Crippen molar-refractivity contribution in [2.24, 2.45) is 4.99 Å². The summed E-state index contributed by atoms with van der Waals surface area (Å²) in [6.45, 7) is 2.05. The average molecular weight is 199 g/mol. The van der Waals surface area contributed by atoms with Crippen LogP contribution in [-0.2, 0) is 9.53 Å². The van der Waals surface area contributed by atoms with Gasteiger partial charge in [0.1, 0.15) is 5.60 Å². The Morgan fingerprint density at radius 1 is 1.50 bits per heavy atom. The standard InChI is InChI=1S/C10H17NO3/c1-3-14-9(12)8(11-2)10(13)6-4-5-7-10/h13H,3-7H2,1-2H3. The molecule has 0 atom stereocenters. The fourth-order valence-corrected chi connectivity index (χ4v) is 1.89. The molecule has 1 rings (SSSR count). The van der Waals surface area contributed by atoms with Gasteiger partial charge in [-0.25, -0.2) is 4.79 Å². The van der Waals surface area contributed by atoms with E-state index in [4.69, 9.17) is 4.74 Å². The Kier molecular flexibility index (Phi) is 3.63. The van der Waals surface area contributed by atoms with Crippen molar-refractivity contribution in [3.8, 4) is 0 Å². The van der Waals surface area contributed by atoms with E-state index in [1.165, 1.54) is 7.05 Å². The molecule has 1 aliphatic carbocycles. The number of nitrogens with zero attached hydrogens (tertiary/aromatic N) is 1. The Morgan fingerprint density at radius 2 is 2.07 bits per heavy atom. The van der Waals surface area contributed by atoms with Crippen LogP contribution < -0.4 is 0 Å². The van der Waals surface area contributed by atoms with Crippen LogP contribution in [-0.4, -0.2) is 36.0 Å². The van der Waals surface area contributed by atoms with Gasteiger partial charge in [-0.3, -0.25) is 4.99 Å². The molecule has 0 spiro atoms. The summed E-state index contributed by atoms with van der Waals surface area (Å²) in [6.07, 6.45) is 3.10. The summed E-state index contributed by atoms with van der Waals surface area (Å²) >= 11 is 0. The van der Waals surface area contributed by atoms with Gasteiger partial charge >= 0.3 is 5.97 Å². The van der Waals surface area contributed by atoms with Gasteiger partial charge in [0.25, 0.3) is 0 Å². The molecule has 0 amide bonds. The van der Waals surface area contributed by atoms with Crippen molar-refractivity contribution < 1.29 is 14.6 Å². The lowest BCUT2D eigenvalue weighted by Crippen LogP contribution is -2.41. The number of aliphatic hydroxyl groups is 1. The van der Waals surface area contributed by atoms with Crippen LogP contribution in [0.25, 0.3) is 0 Å². The molecule has 0 saturated heterocycles. The van der Waals surface area contributed by atoms with E-state index in [0.717, 1.165) is 12.8 Å². The molecule has 1 aliphatic rings. The predicted molar refractivity (Wildman–Crippen MR) is 53.4 cm³/mol. The number of ether oxygens (including phenoxy) is 1. The van der Waals surface area contributed by atoms with Crippen molar-refractivity contribution in [3.05, 3.63) is 0 Å². The second kappa shape index (κ2) is 4.55. The van der Waals surface area contributed by atoms with Crippen molar-refractivity contribution in [3.63, 3.8) is 0 Å². The highest BCUT2D eigenvalue weighted by molar-refractivity contribution is 6.39. The minimum atomic E-state index is -1.04. The highest BCUT2D eigenvalue weighted by Crippen LogP contribution is 2.31. The molecule has 0 heterocycles. The maximum atomic E-state index is 11.5. The third-order valence-corrected chi connectivity index (χ3v) is 2.56. The van der Waals surface area contributed by atoms with Crippen LogP contribution in [0.2, 0.25) is 0 Å². The van der Waals surface area contributed by atoms with Gasteiger partial charge in [0.2, 0.25) is 0 Å². The van der Waals surface area contributed by atoms with E-state index in [0.29, 0.717) is 19.4 Å². The van der Waals surface area contributed by atoms with Crippen LogP contribution >= 0.6 is 0 Å². The molecule has 0 radical (unpaired) electrons. The third kappa shape index (κ3) is 2.12.